The van der Waals surface area contributed by atoms with Crippen LogP contribution in [0.2, 0.25) is 0 Å². The Balaban J connectivity index is 1.65. The zero-order valence-corrected chi connectivity index (χ0v) is 21.0. The third kappa shape index (κ3) is 4.14. The number of aromatic nitrogens is 2. The van der Waals surface area contributed by atoms with Gasteiger partial charge in [0.2, 0.25) is 0 Å². The molecule has 7 nitrogen and oxygen atoms in total. The predicted octanol–water partition coefficient (Wildman–Crippen LogP) is 5.34. The zero-order valence-electron chi connectivity index (χ0n) is 20.2. The highest BCUT2D eigenvalue weighted by Gasteiger charge is 2.43. The van der Waals surface area contributed by atoms with Gasteiger partial charge in [0.1, 0.15) is 17.3 Å². The first-order valence-corrected chi connectivity index (χ1v) is 11.8. The summed E-state index contributed by atoms with van der Waals surface area (Å²) in [4.78, 5) is 6.80. The fraction of sp³-hybridized carbons (Fsp3) is 0.259. The Kier molecular flexibility index (Phi) is 6.21. The maximum Gasteiger partial charge on any atom is 0.174 e. The van der Waals surface area contributed by atoms with E-state index < -0.39 is 0 Å². The lowest BCUT2D eigenvalue weighted by molar-refractivity contribution is 0.394. The number of pyridine rings is 1. The molecule has 4 heterocycles. The minimum Gasteiger partial charge on any atom is -0.497 e. The van der Waals surface area contributed by atoms with E-state index in [2.05, 4.69) is 39.7 Å². The minimum absolute atomic E-state index is 0.142. The van der Waals surface area contributed by atoms with Crippen molar-refractivity contribution >= 4 is 23.0 Å². The average Bonchev–Trinajstić information content (AvgIpc) is 3.59. The van der Waals surface area contributed by atoms with Crippen LogP contribution in [-0.4, -0.2) is 28.9 Å². The number of furan rings is 1. The van der Waals surface area contributed by atoms with E-state index >= 15 is 0 Å². The number of methoxy groups -OCH3 is 2. The lowest BCUT2D eigenvalue weighted by Crippen LogP contribution is -2.30. The van der Waals surface area contributed by atoms with Crippen molar-refractivity contribution in [1.82, 2.24) is 14.9 Å². The van der Waals surface area contributed by atoms with Gasteiger partial charge >= 0.3 is 0 Å². The molecule has 0 aliphatic carbocycles. The average molecular weight is 489 g/mol. The topological polar surface area (TPSA) is 64.7 Å². The number of nitrogens with zero attached hydrogens (tertiary/aromatic N) is 3. The van der Waals surface area contributed by atoms with Crippen LogP contribution in [-0.2, 0) is 6.54 Å². The summed E-state index contributed by atoms with van der Waals surface area (Å²) in [5.74, 6) is 2.32. The number of rotatable bonds is 7. The summed E-state index contributed by atoms with van der Waals surface area (Å²) in [5, 5.41) is 4.14. The van der Waals surface area contributed by atoms with E-state index in [1.54, 1.807) is 20.5 Å². The number of thiocarbonyl (C=S) groups is 1. The largest absolute Gasteiger partial charge is 0.497 e. The molecule has 8 heteroatoms. The van der Waals surface area contributed by atoms with Gasteiger partial charge in [0.15, 0.2) is 5.11 Å². The fourth-order valence-corrected chi connectivity index (χ4v) is 5.18. The lowest BCUT2D eigenvalue weighted by atomic mass is 9.96. The monoisotopic (exact) mass is 488 g/mol. The second-order valence-electron chi connectivity index (χ2n) is 8.53. The highest BCUT2D eigenvalue weighted by Crippen LogP contribution is 2.46. The number of ether oxygens (including phenoxy) is 2. The molecular formula is C27H28N4O3S. The quantitative estimate of drug-likeness (QED) is 0.353. The van der Waals surface area contributed by atoms with Gasteiger partial charge in [0, 0.05) is 23.7 Å². The molecule has 1 fully saturated rings. The minimum atomic E-state index is -0.145. The third-order valence-corrected chi connectivity index (χ3v) is 6.88. The summed E-state index contributed by atoms with van der Waals surface area (Å²) < 4.78 is 19.1. The first-order chi connectivity index (χ1) is 17.0. The highest BCUT2D eigenvalue weighted by molar-refractivity contribution is 7.80. The Hall–Kier alpha value is -3.78. The second kappa shape index (κ2) is 9.46. The van der Waals surface area contributed by atoms with Crippen molar-refractivity contribution < 1.29 is 13.9 Å². The fourth-order valence-electron chi connectivity index (χ4n) is 4.84. The Bertz CT molecular complexity index is 1330. The SMILES string of the molecule is COc1ccc(N2C(=S)NC(c3ccccn3)C2c2cc(C)n(Cc3ccco3)c2C)c(OC)c1. The van der Waals surface area contributed by atoms with Crippen LogP contribution in [0.25, 0.3) is 0 Å². The van der Waals surface area contributed by atoms with Gasteiger partial charge in [-0.1, -0.05) is 6.07 Å². The zero-order chi connectivity index (χ0) is 24.5. The lowest BCUT2D eigenvalue weighted by Gasteiger charge is -2.29. The molecule has 0 amide bonds. The van der Waals surface area contributed by atoms with Crippen molar-refractivity contribution in [2.45, 2.75) is 32.5 Å². The molecule has 1 aromatic carbocycles. The Labute approximate surface area is 210 Å². The van der Waals surface area contributed by atoms with Gasteiger partial charge in [-0.05, 0) is 74.1 Å². The molecule has 0 radical (unpaired) electrons. The van der Waals surface area contributed by atoms with Crippen LogP contribution < -0.4 is 19.7 Å². The molecule has 0 bridgehead atoms. The number of anilines is 1. The highest BCUT2D eigenvalue weighted by atomic mass is 32.1. The normalized spacial score (nSPS) is 17.5. The molecule has 3 aromatic heterocycles. The van der Waals surface area contributed by atoms with Gasteiger partial charge in [-0.25, -0.2) is 0 Å². The van der Waals surface area contributed by atoms with Crippen molar-refractivity contribution in [2.24, 2.45) is 0 Å². The van der Waals surface area contributed by atoms with E-state index in [-0.39, 0.29) is 12.1 Å². The molecule has 2 unspecified atom stereocenters. The van der Waals surface area contributed by atoms with Crippen molar-refractivity contribution in [3.05, 3.63) is 95.5 Å². The molecule has 180 valence electrons. The first-order valence-electron chi connectivity index (χ1n) is 11.4. The second-order valence-corrected chi connectivity index (χ2v) is 8.91. The number of hydrogen-bond acceptors (Lipinski definition) is 5. The van der Waals surface area contributed by atoms with Crippen LogP contribution in [0.3, 0.4) is 0 Å². The van der Waals surface area contributed by atoms with Crippen LogP contribution in [0.5, 0.6) is 11.5 Å². The number of aryl methyl sites for hydroxylation is 1. The van der Waals surface area contributed by atoms with Crippen molar-refractivity contribution in [3.8, 4) is 11.5 Å². The molecule has 0 spiro atoms. The molecule has 1 N–H and O–H groups in total. The van der Waals surface area contributed by atoms with Crippen LogP contribution in [0.15, 0.2) is 71.5 Å². The van der Waals surface area contributed by atoms with Gasteiger partial charge < -0.3 is 28.7 Å². The maximum atomic E-state index is 5.90. The molecule has 5 rings (SSSR count). The van der Waals surface area contributed by atoms with Crippen LogP contribution >= 0.6 is 12.2 Å². The maximum absolute atomic E-state index is 5.90. The van der Waals surface area contributed by atoms with E-state index in [1.807, 2.05) is 54.7 Å². The van der Waals surface area contributed by atoms with E-state index in [0.29, 0.717) is 17.4 Å². The van der Waals surface area contributed by atoms with Crippen molar-refractivity contribution in [1.29, 1.82) is 0 Å². The molecule has 35 heavy (non-hydrogen) atoms. The van der Waals surface area contributed by atoms with Gasteiger partial charge in [0.05, 0.1) is 50.5 Å². The van der Waals surface area contributed by atoms with Gasteiger partial charge in [0.25, 0.3) is 0 Å². The van der Waals surface area contributed by atoms with Crippen molar-refractivity contribution in [3.63, 3.8) is 0 Å². The summed E-state index contributed by atoms with van der Waals surface area (Å²) >= 11 is 5.90. The van der Waals surface area contributed by atoms with Gasteiger partial charge in [-0.15, -0.1) is 0 Å². The van der Waals surface area contributed by atoms with Crippen LogP contribution in [0, 0.1) is 13.8 Å². The van der Waals surface area contributed by atoms with E-state index in [1.165, 1.54) is 0 Å². The number of benzene rings is 1. The Morgan fingerprint density at radius 3 is 2.60 bits per heavy atom. The summed E-state index contributed by atoms with van der Waals surface area (Å²) in [6.45, 7) is 4.93. The molecule has 4 aromatic rings. The van der Waals surface area contributed by atoms with Crippen LogP contribution in [0.1, 0.15) is 40.5 Å². The molecule has 1 saturated heterocycles. The molecule has 0 saturated carbocycles. The summed E-state index contributed by atoms with van der Waals surface area (Å²) in [5.41, 5.74) is 5.24. The smallest absolute Gasteiger partial charge is 0.174 e. The molecule has 1 aliphatic heterocycles. The first kappa shape index (κ1) is 23.0. The van der Waals surface area contributed by atoms with Gasteiger partial charge in [-0.2, -0.15) is 0 Å². The summed E-state index contributed by atoms with van der Waals surface area (Å²) in [6, 6.07) is 17.6. The standard InChI is InChI=1S/C27H28N4O3S/c1-17-14-21(18(2)30(17)16-20-8-7-13-34-20)26-25(22-9-5-6-12-28-22)29-27(35)31(26)23-11-10-19(32-3)15-24(23)33-4/h5-15,25-26H,16H2,1-4H3,(H,29,35). The molecular weight excluding hydrogens is 460 g/mol. The Morgan fingerprint density at radius 1 is 1.06 bits per heavy atom. The number of hydrogen-bond donors (Lipinski definition) is 1. The molecule has 2 atom stereocenters. The predicted molar refractivity (Wildman–Crippen MR) is 139 cm³/mol. The van der Waals surface area contributed by atoms with Crippen LogP contribution in [0.4, 0.5) is 5.69 Å². The van der Waals surface area contributed by atoms with Crippen molar-refractivity contribution in [2.75, 3.05) is 19.1 Å². The third-order valence-electron chi connectivity index (χ3n) is 6.57. The van der Waals surface area contributed by atoms with E-state index in [9.17, 15) is 0 Å². The Morgan fingerprint density at radius 2 is 1.91 bits per heavy atom. The summed E-state index contributed by atoms with van der Waals surface area (Å²) in [6.07, 6.45) is 3.52. The van der Waals surface area contributed by atoms with Gasteiger partial charge in [-0.3, -0.25) is 4.98 Å². The van der Waals surface area contributed by atoms with E-state index in [4.69, 9.17) is 26.1 Å². The molecule has 1 aliphatic rings. The summed E-state index contributed by atoms with van der Waals surface area (Å²) in [7, 11) is 3.30. The number of nitrogens with one attached hydrogen (secondary N) is 1. The van der Waals surface area contributed by atoms with E-state index in [0.717, 1.165) is 39.8 Å².